The van der Waals surface area contributed by atoms with Gasteiger partial charge in [-0.2, -0.15) is 0 Å². The zero-order valence-corrected chi connectivity index (χ0v) is 18.4. The van der Waals surface area contributed by atoms with Gasteiger partial charge >= 0.3 is 6.09 Å². The average molecular weight is 447 g/mol. The normalized spacial score (nSPS) is 25.2. The van der Waals surface area contributed by atoms with Crippen LogP contribution < -0.4 is 4.90 Å². The highest BCUT2D eigenvalue weighted by Gasteiger charge is 2.57. The van der Waals surface area contributed by atoms with Crippen molar-refractivity contribution in [1.82, 2.24) is 4.90 Å². The van der Waals surface area contributed by atoms with Gasteiger partial charge in [0.25, 0.3) is 5.91 Å². The Morgan fingerprint density at radius 1 is 1.27 bits per heavy atom. The highest BCUT2D eigenvalue weighted by atomic mass is 35.5. The zero-order valence-electron chi connectivity index (χ0n) is 17.7. The maximum absolute atomic E-state index is 14.5. The fourth-order valence-corrected chi connectivity index (χ4v) is 3.79. The molecule has 0 unspecified atom stereocenters. The molecule has 0 N–H and O–H groups in total. The molecule has 0 saturated carbocycles. The SMILES string of the molecule is CN(C(=O)[C@@H]1[C@@H]2OC(C)(C)O[C@@H]2CN1C(=O)OC(C)(C)C)c1ccc(F)c(Cl)c1F. The maximum Gasteiger partial charge on any atom is 0.411 e. The lowest BCUT2D eigenvalue weighted by Gasteiger charge is -2.33. The van der Waals surface area contributed by atoms with Crippen LogP contribution in [0.25, 0.3) is 0 Å². The molecular formula is C20H25ClF2N2O5. The van der Waals surface area contributed by atoms with Gasteiger partial charge in [0.2, 0.25) is 0 Å². The van der Waals surface area contributed by atoms with Gasteiger partial charge < -0.3 is 19.1 Å². The van der Waals surface area contributed by atoms with Crippen LogP contribution in [-0.4, -0.2) is 60.1 Å². The van der Waals surface area contributed by atoms with E-state index >= 15 is 0 Å². The molecule has 10 heteroatoms. The molecule has 0 aromatic heterocycles. The van der Waals surface area contributed by atoms with Crippen molar-refractivity contribution in [3.05, 3.63) is 28.8 Å². The summed E-state index contributed by atoms with van der Waals surface area (Å²) in [5.41, 5.74) is -1.01. The smallest absolute Gasteiger partial charge is 0.411 e. The third kappa shape index (κ3) is 4.24. The molecular weight excluding hydrogens is 422 g/mol. The van der Waals surface area contributed by atoms with Crippen LogP contribution in [0.4, 0.5) is 19.3 Å². The number of benzene rings is 1. The molecule has 30 heavy (non-hydrogen) atoms. The summed E-state index contributed by atoms with van der Waals surface area (Å²) in [5, 5.41) is -0.720. The van der Waals surface area contributed by atoms with E-state index in [4.69, 9.17) is 25.8 Å². The number of hydrogen-bond acceptors (Lipinski definition) is 5. The third-order valence-electron chi connectivity index (χ3n) is 4.83. The Bertz CT molecular complexity index is 873. The van der Waals surface area contributed by atoms with E-state index in [0.717, 1.165) is 17.0 Å². The highest BCUT2D eigenvalue weighted by Crippen LogP contribution is 2.39. The summed E-state index contributed by atoms with van der Waals surface area (Å²) in [6.45, 7) is 8.59. The van der Waals surface area contributed by atoms with E-state index in [9.17, 15) is 18.4 Å². The number of anilines is 1. The quantitative estimate of drug-likeness (QED) is 0.648. The van der Waals surface area contributed by atoms with Gasteiger partial charge in [0.15, 0.2) is 11.6 Å². The van der Waals surface area contributed by atoms with E-state index in [0.29, 0.717) is 0 Å². The number of amides is 2. The van der Waals surface area contributed by atoms with Gasteiger partial charge in [0, 0.05) is 7.05 Å². The Morgan fingerprint density at radius 3 is 2.50 bits per heavy atom. The average Bonchev–Trinajstić information content (AvgIpc) is 3.09. The van der Waals surface area contributed by atoms with Gasteiger partial charge in [-0.25, -0.2) is 13.6 Å². The van der Waals surface area contributed by atoms with Gasteiger partial charge in [-0.1, -0.05) is 11.6 Å². The predicted molar refractivity (Wildman–Crippen MR) is 105 cm³/mol. The van der Waals surface area contributed by atoms with Crippen LogP contribution in [0.1, 0.15) is 34.6 Å². The highest BCUT2D eigenvalue weighted by molar-refractivity contribution is 6.31. The first kappa shape index (κ1) is 22.7. The van der Waals surface area contributed by atoms with Crippen LogP contribution in [0.2, 0.25) is 5.02 Å². The fraction of sp³-hybridized carbons (Fsp3) is 0.600. The van der Waals surface area contributed by atoms with Crippen LogP contribution in [0, 0.1) is 11.6 Å². The second-order valence-electron chi connectivity index (χ2n) is 8.81. The maximum atomic E-state index is 14.5. The minimum atomic E-state index is -1.13. The van der Waals surface area contributed by atoms with Gasteiger partial charge in [-0.15, -0.1) is 0 Å². The number of nitrogens with zero attached hydrogens (tertiary/aromatic N) is 2. The minimum Gasteiger partial charge on any atom is -0.444 e. The molecule has 0 bridgehead atoms. The molecule has 166 valence electrons. The summed E-state index contributed by atoms with van der Waals surface area (Å²) < 4.78 is 45.2. The number of hydrogen-bond donors (Lipinski definition) is 0. The van der Waals surface area contributed by atoms with E-state index in [1.165, 1.54) is 11.9 Å². The van der Waals surface area contributed by atoms with Crippen LogP contribution >= 0.6 is 11.6 Å². The molecule has 1 aromatic carbocycles. The van der Waals surface area contributed by atoms with Crippen LogP contribution in [0.15, 0.2) is 12.1 Å². The van der Waals surface area contributed by atoms with Gasteiger partial charge in [0.05, 0.1) is 12.2 Å². The molecule has 1 aromatic rings. The molecule has 2 aliphatic heterocycles. The number of likely N-dealkylation sites (tertiary alicyclic amines) is 1. The standard InChI is InChI=1S/C20H25ClF2N2O5/c1-19(2,3)30-18(27)25-9-12-16(29-20(4,5)28-12)15(25)17(26)24(6)11-8-7-10(22)13(21)14(11)23/h7-8,12,15-16H,9H2,1-6H3/t12-,15+,16-/m1/s1. The lowest BCUT2D eigenvalue weighted by molar-refractivity contribution is -0.163. The Hall–Kier alpha value is -1.97. The summed E-state index contributed by atoms with van der Waals surface area (Å²) in [7, 11) is 1.32. The molecule has 3 rings (SSSR count). The molecule has 2 heterocycles. The molecule has 2 amide bonds. The Kier molecular flexibility index (Phi) is 5.77. The number of fused-ring (bicyclic) bond motifs is 1. The monoisotopic (exact) mass is 446 g/mol. The largest absolute Gasteiger partial charge is 0.444 e. The number of likely N-dealkylation sites (N-methyl/N-ethyl adjacent to an activating group) is 1. The third-order valence-corrected chi connectivity index (χ3v) is 5.18. The fourth-order valence-electron chi connectivity index (χ4n) is 3.63. The number of carbonyl (C=O) groups excluding carboxylic acids is 2. The molecule has 2 fully saturated rings. The number of rotatable bonds is 2. The van der Waals surface area contributed by atoms with Crippen molar-refractivity contribution in [2.75, 3.05) is 18.5 Å². The van der Waals surface area contributed by atoms with Gasteiger partial charge in [-0.3, -0.25) is 9.69 Å². The van der Waals surface area contributed by atoms with E-state index in [-0.39, 0.29) is 12.2 Å². The number of halogens is 3. The van der Waals surface area contributed by atoms with Crippen molar-refractivity contribution >= 4 is 29.3 Å². The van der Waals surface area contributed by atoms with E-state index in [1.54, 1.807) is 34.6 Å². The Balaban J connectivity index is 1.94. The van der Waals surface area contributed by atoms with Crippen molar-refractivity contribution in [1.29, 1.82) is 0 Å². The molecule has 0 spiro atoms. The number of carbonyl (C=O) groups is 2. The molecule has 2 saturated heterocycles. The van der Waals surface area contributed by atoms with Crippen molar-refractivity contribution in [3.8, 4) is 0 Å². The minimum absolute atomic E-state index is 0.0694. The van der Waals surface area contributed by atoms with Crippen LogP contribution in [-0.2, 0) is 19.0 Å². The van der Waals surface area contributed by atoms with Gasteiger partial charge in [-0.05, 0) is 46.8 Å². The molecule has 3 atom stereocenters. The summed E-state index contributed by atoms with van der Waals surface area (Å²) >= 11 is 5.65. The second-order valence-corrected chi connectivity index (χ2v) is 9.19. The lowest BCUT2D eigenvalue weighted by atomic mass is 10.1. The Morgan fingerprint density at radius 2 is 1.90 bits per heavy atom. The topological polar surface area (TPSA) is 68.3 Å². The van der Waals surface area contributed by atoms with E-state index in [1.807, 2.05) is 0 Å². The van der Waals surface area contributed by atoms with Crippen molar-refractivity contribution < 1.29 is 32.6 Å². The van der Waals surface area contributed by atoms with Crippen molar-refractivity contribution in [2.24, 2.45) is 0 Å². The zero-order chi connectivity index (χ0) is 22.6. The van der Waals surface area contributed by atoms with Crippen molar-refractivity contribution in [3.63, 3.8) is 0 Å². The summed E-state index contributed by atoms with van der Waals surface area (Å²) in [5.74, 6) is -3.60. The van der Waals surface area contributed by atoms with E-state index < -0.39 is 58.3 Å². The first-order valence-electron chi connectivity index (χ1n) is 9.48. The van der Waals surface area contributed by atoms with Gasteiger partial charge in [0.1, 0.15) is 34.7 Å². The summed E-state index contributed by atoms with van der Waals surface area (Å²) in [6.07, 6.45) is -2.05. The van der Waals surface area contributed by atoms with Crippen LogP contribution in [0.5, 0.6) is 0 Å². The molecule has 0 aliphatic carbocycles. The first-order valence-corrected chi connectivity index (χ1v) is 9.86. The number of ether oxygens (including phenoxy) is 3. The summed E-state index contributed by atoms with van der Waals surface area (Å²) in [4.78, 5) is 28.3. The van der Waals surface area contributed by atoms with E-state index in [2.05, 4.69) is 0 Å². The van der Waals surface area contributed by atoms with Crippen LogP contribution in [0.3, 0.4) is 0 Å². The summed E-state index contributed by atoms with van der Waals surface area (Å²) in [6, 6.07) is 0.945. The molecule has 2 aliphatic rings. The predicted octanol–water partition coefficient (Wildman–Crippen LogP) is 3.72. The molecule has 0 radical (unpaired) electrons. The Labute approximate surface area is 178 Å². The first-order chi connectivity index (χ1) is 13.7. The lowest BCUT2D eigenvalue weighted by Crippen LogP contribution is -2.53. The molecule has 7 nitrogen and oxygen atoms in total. The second kappa shape index (κ2) is 7.62. The van der Waals surface area contributed by atoms with Crippen molar-refractivity contribution in [2.45, 2.75) is 64.3 Å².